The van der Waals surface area contributed by atoms with Crippen molar-refractivity contribution < 1.29 is 9.53 Å². The number of amides is 1. The summed E-state index contributed by atoms with van der Waals surface area (Å²) in [6.45, 7) is 6.04. The van der Waals surface area contributed by atoms with Crippen LogP contribution in [-0.2, 0) is 9.53 Å². The maximum atomic E-state index is 12.2. The van der Waals surface area contributed by atoms with Gasteiger partial charge >= 0.3 is 0 Å². The lowest BCUT2D eigenvalue weighted by Gasteiger charge is -2.34. The standard InChI is InChI=1S/C14H26N2O2/c1-3-15-9-4-6-12(15)13-7-5-10-16(13)14(17)8-11-18-2/h12-13H,3-11H2,1-2H3/t12-,13-/m0/s1. The minimum Gasteiger partial charge on any atom is -0.384 e. The van der Waals surface area contributed by atoms with Gasteiger partial charge in [0.25, 0.3) is 0 Å². The van der Waals surface area contributed by atoms with Crippen LogP contribution in [0.2, 0.25) is 0 Å². The van der Waals surface area contributed by atoms with Crippen molar-refractivity contribution in [3.63, 3.8) is 0 Å². The minimum atomic E-state index is 0.280. The number of carbonyl (C=O) groups is 1. The van der Waals surface area contributed by atoms with Gasteiger partial charge < -0.3 is 9.64 Å². The largest absolute Gasteiger partial charge is 0.384 e. The molecule has 0 aliphatic carbocycles. The van der Waals surface area contributed by atoms with Crippen LogP contribution in [0.1, 0.15) is 39.0 Å². The Kier molecular flexibility index (Phi) is 5.01. The van der Waals surface area contributed by atoms with Crippen LogP contribution in [0.4, 0.5) is 0 Å². The number of hydrogen-bond acceptors (Lipinski definition) is 3. The molecule has 4 heteroatoms. The van der Waals surface area contributed by atoms with Gasteiger partial charge in [-0.1, -0.05) is 6.92 Å². The van der Waals surface area contributed by atoms with Crippen LogP contribution in [-0.4, -0.2) is 61.1 Å². The molecule has 1 amide bonds. The smallest absolute Gasteiger partial charge is 0.225 e. The molecule has 0 unspecified atom stereocenters. The van der Waals surface area contributed by atoms with E-state index in [2.05, 4.69) is 16.7 Å². The molecule has 18 heavy (non-hydrogen) atoms. The average Bonchev–Trinajstić information content (AvgIpc) is 3.02. The predicted octanol–water partition coefficient (Wildman–Crippen LogP) is 1.50. The number of likely N-dealkylation sites (tertiary alicyclic amines) is 2. The molecule has 0 aromatic heterocycles. The van der Waals surface area contributed by atoms with Crippen LogP contribution in [0.25, 0.3) is 0 Å². The lowest BCUT2D eigenvalue weighted by atomic mass is 10.0. The molecule has 0 N–H and O–H groups in total. The highest BCUT2D eigenvalue weighted by Gasteiger charge is 2.38. The lowest BCUT2D eigenvalue weighted by molar-refractivity contribution is -0.134. The molecule has 2 fully saturated rings. The molecule has 2 rings (SSSR count). The fraction of sp³-hybridized carbons (Fsp3) is 0.929. The van der Waals surface area contributed by atoms with Crippen molar-refractivity contribution in [3.05, 3.63) is 0 Å². The van der Waals surface area contributed by atoms with Gasteiger partial charge in [0.05, 0.1) is 13.0 Å². The van der Waals surface area contributed by atoms with Crippen molar-refractivity contribution in [2.45, 2.75) is 51.1 Å². The molecule has 2 aliphatic heterocycles. The summed E-state index contributed by atoms with van der Waals surface area (Å²) in [5.74, 6) is 0.280. The van der Waals surface area contributed by atoms with Crippen LogP contribution >= 0.6 is 0 Å². The number of rotatable bonds is 5. The maximum absolute atomic E-state index is 12.2. The van der Waals surface area contributed by atoms with Gasteiger partial charge in [-0.05, 0) is 38.8 Å². The third-order valence-corrected chi connectivity index (χ3v) is 4.40. The van der Waals surface area contributed by atoms with Gasteiger partial charge in [0, 0.05) is 25.7 Å². The summed E-state index contributed by atoms with van der Waals surface area (Å²) < 4.78 is 5.02. The Morgan fingerprint density at radius 2 is 1.94 bits per heavy atom. The van der Waals surface area contributed by atoms with E-state index < -0.39 is 0 Å². The molecule has 0 spiro atoms. The fourth-order valence-corrected chi connectivity index (χ4v) is 3.52. The van der Waals surface area contributed by atoms with E-state index in [1.807, 2.05) is 0 Å². The second-order valence-corrected chi connectivity index (χ2v) is 5.38. The number of likely N-dealkylation sites (N-methyl/N-ethyl adjacent to an activating group) is 1. The first-order chi connectivity index (χ1) is 8.77. The van der Waals surface area contributed by atoms with E-state index in [0.29, 0.717) is 25.1 Å². The van der Waals surface area contributed by atoms with Gasteiger partial charge in [-0.25, -0.2) is 0 Å². The molecule has 0 saturated carbocycles. The molecule has 0 radical (unpaired) electrons. The molecule has 2 atom stereocenters. The Morgan fingerprint density at radius 3 is 2.67 bits per heavy atom. The second kappa shape index (κ2) is 6.53. The molecule has 0 aromatic rings. The maximum Gasteiger partial charge on any atom is 0.225 e. The van der Waals surface area contributed by atoms with E-state index in [1.165, 1.54) is 25.8 Å². The van der Waals surface area contributed by atoms with Gasteiger partial charge in [-0.15, -0.1) is 0 Å². The van der Waals surface area contributed by atoms with Crippen LogP contribution in [0, 0.1) is 0 Å². The third-order valence-electron chi connectivity index (χ3n) is 4.40. The first-order valence-corrected chi connectivity index (χ1v) is 7.30. The van der Waals surface area contributed by atoms with E-state index >= 15 is 0 Å². The summed E-state index contributed by atoms with van der Waals surface area (Å²) in [6, 6.07) is 1.06. The van der Waals surface area contributed by atoms with Crippen molar-refractivity contribution in [2.75, 3.05) is 33.4 Å². The zero-order valence-corrected chi connectivity index (χ0v) is 11.7. The minimum absolute atomic E-state index is 0.280. The summed E-state index contributed by atoms with van der Waals surface area (Å²) in [5, 5.41) is 0. The first kappa shape index (κ1) is 13.8. The van der Waals surface area contributed by atoms with E-state index in [1.54, 1.807) is 7.11 Å². The lowest BCUT2D eigenvalue weighted by Crippen LogP contribution is -2.48. The van der Waals surface area contributed by atoms with E-state index in [-0.39, 0.29) is 5.91 Å². The summed E-state index contributed by atoms with van der Waals surface area (Å²) in [5.41, 5.74) is 0. The number of hydrogen-bond donors (Lipinski definition) is 0. The van der Waals surface area contributed by atoms with Crippen molar-refractivity contribution in [1.82, 2.24) is 9.80 Å². The normalized spacial score (nSPS) is 29.1. The van der Waals surface area contributed by atoms with Crippen molar-refractivity contribution in [2.24, 2.45) is 0 Å². The zero-order chi connectivity index (χ0) is 13.0. The molecular formula is C14H26N2O2. The zero-order valence-electron chi connectivity index (χ0n) is 11.7. The monoisotopic (exact) mass is 254 g/mol. The highest BCUT2D eigenvalue weighted by molar-refractivity contribution is 5.77. The summed E-state index contributed by atoms with van der Waals surface area (Å²) in [6.07, 6.45) is 5.42. The van der Waals surface area contributed by atoms with Crippen LogP contribution < -0.4 is 0 Å². The van der Waals surface area contributed by atoms with Crippen molar-refractivity contribution >= 4 is 5.91 Å². The highest BCUT2D eigenvalue weighted by atomic mass is 16.5. The Bertz CT molecular complexity index is 283. The van der Waals surface area contributed by atoms with Crippen LogP contribution in [0.15, 0.2) is 0 Å². The Hall–Kier alpha value is -0.610. The molecular weight excluding hydrogens is 228 g/mol. The molecule has 0 bridgehead atoms. The van der Waals surface area contributed by atoms with E-state index in [9.17, 15) is 4.79 Å². The van der Waals surface area contributed by atoms with Gasteiger partial charge in [0.2, 0.25) is 5.91 Å². The number of methoxy groups -OCH3 is 1. The second-order valence-electron chi connectivity index (χ2n) is 5.38. The third kappa shape index (κ3) is 2.86. The summed E-state index contributed by atoms with van der Waals surface area (Å²) in [7, 11) is 1.66. The van der Waals surface area contributed by atoms with Gasteiger partial charge in [-0.2, -0.15) is 0 Å². The van der Waals surface area contributed by atoms with Gasteiger partial charge in [-0.3, -0.25) is 9.69 Å². The van der Waals surface area contributed by atoms with Crippen LogP contribution in [0.5, 0.6) is 0 Å². The summed E-state index contributed by atoms with van der Waals surface area (Å²) in [4.78, 5) is 16.9. The fourth-order valence-electron chi connectivity index (χ4n) is 3.52. The Labute approximate surface area is 110 Å². The topological polar surface area (TPSA) is 32.8 Å². The molecule has 2 saturated heterocycles. The number of ether oxygens (including phenoxy) is 1. The summed E-state index contributed by atoms with van der Waals surface area (Å²) >= 11 is 0. The van der Waals surface area contributed by atoms with Crippen molar-refractivity contribution in [3.8, 4) is 0 Å². The highest BCUT2D eigenvalue weighted by Crippen LogP contribution is 2.30. The van der Waals surface area contributed by atoms with E-state index in [0.717, 1.165) is 19.5 Å². The molecule has 0 aromatic carbocycles. The quantitative estimate of drug-likeness (QED) is 0.745. The molecule has 2 heterocycles. The first-order valence-electron chi connectivity index (χ1n) is 7.30. The van der Waals surface area contributed by atoms with Gasteiger partial charge in [0.1, 0.15) is 0 Å². The molecule has 4 nitrogen and oxygen atoms in total. The number of nitrogens with zero attached hydrogens (tertiary/aromatic N) is 2. The van der Waals surface area contributed by atoms with Crippen molar-refractivity contribution in [1.29, 1.82) is 0 Å². The predicted molar refractivity (Wildman–Crippen MR) is 71.5 cm³/mol. The number of carbonyl (C=O) groups excluding carboxylic acids is 1. The van der Waals surface area contributed by atoms with Crippen LogP contribution in [0.3, 0.4) is 0 Å². The Balaban J connectivity index is 1.96. The van der Waals surface area contributed by atoms with E-state index in [4.69, 9.17) is 4.74 Å². The molecule has 2 aliphatic rings. The van der Waals surface area contributed by atoms with Gasteiger partial charge in [0.15, 0.2) is 0 Å². The SMILES string of the molecule is CCN1CCC[C@H]1[C@@H]1CCCN1C(=O)CCOC. The molecule has 104 valence electrons. The average molecular weight is 254 g/mol. The Morgan fingerprint density at radius 1 is 1.22 bits per heavy atom.